The van der Waals surface area contributed by atoms with E-state index in [1.54, 1.807) is 11.3 Å². The van der Waals surface area contributed by atoms with Gasteiger partial charge in [0.05, 0.1) is 12.3 Å². The molecule has 2 rings (SSSR count). The van der Waals surface area contributed by atoms with Crippen LogP contribution in [-0.2, 0) is 12.0 Å². The molecule has 0 aliphatic rings. The lowest BCUT2D eigenvalue weighted by Gasteiger charge is -2.21. The number of hydrogen-bond acceptors (Lipinski definition) is 4. The molecule has 4 nitrogen and oxygen atoms in total. The van der Waals surface area contributed by atoms with Gasteiger partial charge in [-0.2, -0.15) is 5.10 Å². The van der Waals surface area contributed by atoms with Crippen molar-refractivity contribution in [2.75, 3.05) is 0 Å². The van der Waals surface area contributed by atoms with Crippen LogP contribution in [0.15, 0.2) is 23.7 Å². The van der Waals surface area contributed by atoms with Crippen LogP contribution < -0.4 is 5.32 Å². The summed E-state index contributed by atoms with van der Waals surface area (Å²) < 4.78 is 0. The molecule has 0 bridgehead atoms. The van der Waals surface area contributed by atoms with Crippen molar-refractivity contribution in [1.82, 2.24) is 15.5 Å². The highest BCUT2D eigenvalue weighted by Crippen LogP contribution is 2.25. The maximum Gasteiger partial charge on any atom is 0.0896 e. The van der Waals surface area contributed by atoms with E-state index in [0.29, 0.717) is 6.42 Å². The number of rotatable bonds is 6. The summed E-state index contributed by atoms with van der Waals surface area (Å²) in [6.45, 7) is 9.39. The first-order valence-corrected chi connectivity index (χ1v) is 8.23. The van der Waals surface area contributed by atoms with Crippen LogP contribution in [0.4, 0.5) is 0 Å². The number of aromatic nitrogens is 2. The van der Waals surface area contributed by atoms with E-state index >= 15 is 0 Å². The zero-order chi connectivity index (χ0) is 15.5. The topological polar surface area (TPSA) is 60.9 Å². The fourth-order valence-corrected chi connectivity index (χ4v) is 3.12. The van der Waals surface area contributed by atoms with Gasteiger partial charge in [0.1, 0.15) is 0 Å². The average Bonchev–Trinajstić information content (AvgIpc) is 3.06. The molecule has 0 amide bonds. The van der Waals surface area contributed by atoms with E-state index in [1.807, 2.05) is 23.7 Å². The Kier molecular flexibility index (Phi) is 5.19. The molecule has 21 heavy (non-hydrogen) atoms. The van der Waals surface area contributed by atoms with Crippen LogP contribution in [0.1, 0.15) is 56.4 Å². The van der Waals surface area contributed by atoms with Crippen LogP contribution in [0.2, 0.25) is 0 Å². The highest BCUT2D eigenvalue weighted by Gasteiger charge is 2.20. The second-order valence-corrected chi connectivity index (χ2v) is 7.55. The molecule has 0 aliphatic heterocycles. The van der Waals surface area contributed by atoms with E-state index in [0.717, 1.165) is 11.4 Å². The van der Waals surface area contributed by atoms with E-state index in [1.165, 1.54) is 11.3 Å². The van der Waals surface area contributed by atoms with E-state index in [9.17, 15) is 5.11 Å². The normalized spacial score (nSPS) is 15.1. The molecule has 2 heterocycles. The summed E-state index contributed by atoms with van der Waals surface area (Å²) in [4.78, 5) is 1.03. The molecule has 3 N–H and O–H groups in total. The number of nitrogens with zero attached hydrogens (tertiary/aromatic N) is 1. The molecule has 0 radical (unpaired) electrons. The second kappa shape index (κ2) is 6.73. The average molecular weight is 307 g/mol. The van der Waals surface area contributed by atoms with Crippen molar-refractivity contribution in [3.8, 4) is 0 Å². The Balaban J connectivity index is 1.87. The van der Waals surface area contributed by atoms with Gasteiger partial charge >= 0.3 is 0 Å². The number of aromatic amines is 1. The van der Waals surface area contributed by atoms with Gasteiger partial charge in [-0.1, -0.05) is 26.8 Å². The first-order chi connectivity index (χ1) is 9.88. The van der Waals surface area contributed by atoms with Crippen LogP contribution in [0.25, 0.3) is 0 Å². The summed E-state index contributed by atoms with van der Waals surface area (Å²) in [5.41, 5.74) is 2.42. The lowest BCUT2D eigenvalue weighted by molar-refractivity contribution is 0.157. The fraction of sp³-hybridized carbons (Fsp3) is 0.562. The number of aliphatic hydroxyl groups excluding tert-OH is 1. The van der Waals surface area contributed by atoms with Crippen molar-refractivity contribution in [2.45, 2.75) is 58.2 Å². The van der Waals surface area contributed by atoms with Gasteiger partial charge in [0.25, 0.3) is 0 Å². The maximum atomic E-state index is 10.2. The molecule has 2 atom stereocenters. The molecule has 0 fully saturated rings. The molecule has 0 saturated heterocycles. The molecule has 2 aromatic heterocycles. The highest BCUT2D eigenvalue weighted by atomic mass is 32.1. The molecule has 2 unspecified atom stereocenters. The monoisotopic (exact) mass is 307 g/mol. The minimum atomic E-state index is -0.390. The first kappa shape index (κ1) is 16.2. The summed E-state index contributed by atoms with van der Waals surface area (Å²) in [5.74, 6) is 0. The van der Waals surface area contributed by atoms with Gasteiger partial charge in [-0.15, -0.1) is 11.3 Å². The third-order valence-corrected chi connectivity index (χ3v) is 4.53. The Labute approximate surface area is 130 Å². The van der Waals surface area contributed by atoms with E-state index < -0.39 is 0 Å². The molecule has 0 aliphatic carbocycles. The Morgan fingerprint density at radius 3 is 2.81 bits per heavy atom. The largest absolute Gasteiger partial charge is 0.388 e. The van der Waals surface area contributed by atoms with Gasteiger partial charge in [-0.3, -0.25) is 5.10 Å². The minimum Gasteiger partial charge on any atom is -0.388 e. The number of thiophene rings is 1. The van der Waals surface area contributed by atoms with Crippen molar-refractivity contribution < 1.29 is 5.11 Å². The second-order valence-electron chi connectivity index (χ2n) is 6.57. The van der Waals surface area contributed by atoms with Gasteiger partial charge in [0, 0.05) is 34.1 Å². The highest BCUT2D eigenvalue weighted by molar-refractivity contribution is 7.10. The van der Waals surface area contributed by atoms with Gasteiger partial charge in [-0.25, -0.2) is 0 Å². The Hall–Kier alpha value is -1.17. The molecule has 5 heteroatoms. The molecule has 2 aromatic rings. The molecule has 0 aromatic carbocycles. The zero-order valence-electron chi connectivity index (χ0n) is 13.2. The van der Waals surface area contributed by atoms with Crippen molar-refractivity contribution in [1.29, 1.82) is 0 Å². The summed E-state index contributed by atoms with van der Waals surface area (Å²) >= 11 is 1.60. The third-order valence-electron chi connectivity index (χ3n) is 3.56. The SMILES string of the molecule is CC(CC(O)c1cccs1)NCc1cn[nH]c1C(C)(C)C. The summed E-state index contributed by atoms with van der Waals surface area (Å²) in [6.07, 6.45) is 2.21. The summed E-state index contributed by atoms with van der Waals surface area (Å²) in [6, 6.07) is 4.20. The van der Waals surface area contributed by atoms with E-state index in [-0.39, 0.29) is 17.6 Å². The Bertz CT molecular complexity index is 542. The van der Waals surface area contributed by atoms with Crippen molar-refractivity contribution in [3.05, 3.63) is 39.8 Å². The predicted molar refractivity (Wildman–Crippen MR) is 87.5 cm³/mol. The molecule has 0 saturated carbocycles. The third kappa shape index (κ3) is 4.40. The number of aliphatic hydroxyl groups is 1. The number of hydrogen-bond donors (Lipinski definition) is 3. The standard InChI is InChI=1S/C16H25N3OS/c1-11(8-13(20)14-6-5-7-21-14)17-9-12-10-18-19-15(12)16(2,3)4/h5-7,10-11,13,17,20H,8-9H2,1-4H3,(H,18,19). The number of H-pyrrole nitrogens is 1. The summed E-state index contributed by atoms with van der Waals surface area (Å²) in [7, 11) is 0. The lowest BCUT2D eigenvalue weighted by atomic mass is 9.89. The van der Waals surface area contributed by atoms with Crippen LogP contribution in [0.5, 0.6) is 0 Å². The van der Waals surface area contributed by atoms with E-state index in [4.69, 9.17) is 0 Å². The predicted octanol–water partition coefficient (Wildman–Crippen LogP) is 3.37. The fourth-order valence-electron chi connectivity index (χ4n) is 2.39. The smallest absolute Gasteiger partial charge is 0.0896 e. The molecule has 0 spiro atoms. The van der Waals surface area contributed by atoms with Crippen molar-refractivity contribution >= 4 is 11.3 Å². The maximum absolute atomic E-state index is 10.2. The minimum absolute atomic E-state index is 0.0627. The van der Waals surface area contributed by atoms with Gasteiger partial charge in [0.15, 0.2) is 0 Å². The van der Waals surface area contributed by atoms with Crippen LogP contribution >= 0.6 is 11.3 Å². The number of nitrogens with one attached hydrogen (secondary N) is 2. The van der Waals surface area contributed by atoms with Gasteiger partial charge < -0.3 is 10.4 Å². The van der Waals surface area contributed by atoms with Crippen LogP contribution in [0.3, 0.4) is 0 Å². The Morgan fingerprint density at radius 2 is 2.19 bits per heavy atom. The summed E-state index contributed by atoms with van der Waals surface area (Å²) in [5, 5.41) is 22.9. The van der Waals surface area contributed by atoms with Gasteiger partial charge in [0.2, 0.25) is 0 Å². The quantitative estimate of drug-likeness (QED) is 0.767. The molecule has 116 valence electrons. The van der Waals surface area contributed by atoms with E-state index in [2.05, 4.69) is 43.2 Å². The van der Waals surface area contributed by atoms with Crippen molar-refractivity contribution in [3.63, 3.8) is 0 Å². The van der Waals surface area contributed by atoms with Crippen LogP contribution in [-0.4, -0.2) is 21.3 Å². The molecular formula is C16H25N3OS. The lowest BCUT2D eigenvalue weighted by Crippen LogP contribution is -2.28. The zero-order valence-corrected chi connectivity index (χ0v) is 14.0. The van der Waals surface area contributed by atoms with Gasteiger partial charge in [-0.05, 0) is 24.8 Å². The Morgan fingerprint density at radius 1 is 1.43 bits per heavy atom. The van der Waals surface area contributed by atoms with Crippen LogP contribution in [0, 0.1) is 0 Å². The molecular weight excluding hydrogens is 282 g/mol. The van der Waals surface area contributed by atoms with Crippen molar-refractivity contribution in [2.24, 2.45) is 0 Å². The first-order valence-electron chi connectivity index (χ1n) is 7.35.